The highest BCUT2D eigenvalue weighted by Gasteiger charge is 2.22. The maximum Gasteiger partial charge on any atom is 0.257 e. The molecule has 2 aliphatic rings. The van der Waals surface area contributed by atoms with Crippen LogP contribution in [-0.4, -0.2) is 22.0 Å². The minimum Gasteiger partial charge on any atom is -0.298 e. The lowest BCUT2D eigenvalue weighted by Crippen LogP contribution is -2.36. The summed E-state index contributed by atoms with van der Waals surface area (Å²) < 4.78 is 0. The molecular weight excluding hydrogens is 362 g/mol. The first-order valence-electron chi connectivity index (χ1n) is 9.04. The van der Waals surface area contributed by atoms with Gasteiger partial charge < -0.3 is 0 Å². The molecule has 2 aromatic rings. The Bertz CT molecular complexity index is 841. The van der Waals surface area contributed by atoms with E-state index in [4.69, 9.17) is 0 Å². The van der Waals surface area contributed by atoms with Crippen LogP contribution in [0.4, 0.5) is 10.9 Å². The van der Waals surface area contributed by atoms with Crippen molar-refractivity contribution in [1.82, 2.24) is 15.5 Å². The van der Waals surface area contributed by atoms with Gasteiger partial charge in [-0.15, -0.1) is 16.5 Å². The van der Waals surface area contributed by atoms with Crippen LogP contribution in [0.3, 0.4) is 0 Å². The number of carbonyl (C=O) groups is 1. The summed E-state index contributed by atoms with van der Waals surface area (Å²) >= 11 is 1.40. The molecule has 0 spiro atoms. The second-order valence-corrected chi connectivity index (χ2v) is 7.53. The molecule has 1 unspecified atom stereocenters. The number of nitrogens with one attached hydrogen (secondary N) is 2. The van der Waals surface area contributed by atoms with Crippen molar-refractivity contribution in [1.29, 1.82) is 0 Å². The first kappa shape index (κ1) is 17.6. The number of carbonyl (C=O) groups excluding carboxylic acids is 1. The number of hydrogen-bond donors (Lipinski definition) is 2. The second-order valence-electron chi connectivity index (χ2n) is 6.64. The summed E-state index contributed by atoms with van der Waals surface area (Å²) in [5.74, 6) is 0.987. The summed E-state index contributed by atoms with van der Waals surface area (Å²) in [4.78, 5) is 21.5. The molecule has 8 nitrogen and oxygen atoms in total. The van der Waals surface area contributed by atoms with Gasteiger partial charge in [-0.2, -0.15) is 5.53 Å². The number of thiazole rings is 1. The maximum absolute atomic E-state index is 12.9. The van der Waals surface area contributed by atoms with E-state index in [2.05, 4.69) is 37.2 Å². The van der Waals surface area contributed by atoms with Gasteiger partial charge in [-0.25, -0.2) is 15.0 Å². The molecule has 27 heavy (non-hydrogen) atoms. The lowest BCUT2D eigenvalue weighted by atomic mass is 9.99. The van der Waals surface area contributed by atoms with Gasteiger partial charge >= 0.3 is 0 Å². The van der Waals surface area contributed by atoms with E-state index < -0.39 is 0 Å². The fourth-order valence-corrected chi connectivity index (χ4v) is 3.86. The molecule has 0 bridgehead atoms. The molecule has 0 radical (unpaired) electrons. The maximum atomic E-state index is 12.9. The van der Waals surface area contributed by atoms with Crippen LogP contribution in [0.1, 0.15) is 38.2 Å². The molecule has 3 heterocycles. The molecule has 1 aliphatic carbocycles. The number of amides is 1. The largest absolute Gasteiger partial charge is 0.298 e. The van der Waals surface area contributed by atoms with E-state index in [0.29, 0.717) is 22.4 Å². The Labute approximate surface area is 161 Å². The molecule has 9 heteroatoms. The van der Waals surface area contributed by atoms with Gasteiger partial charge in [0.2, 0.25) is 0 Å². The molecule has 1 fully saturated rings. The van der Waals surface area contributed by atoms with Crippen molar-refractivity contribution in [2.45, 2.75) is 38.8 Å². The number of pyridine rings is 1. The van der Waals surface area contributed by atoms with Crippen molar-refractivity contribution in [3.8, 4) is 0 Å². The Balaban J connectivity index is 1.58. The van der Waals surface area contributed by atoms with Crippen LogP contribution in [-0.2, 0) is 4.79 Å². The summed E-state index contributed by atoms with van der Waals surface area (Å²) in [6, 6.07) is 3.78. The molecule has 0 saturated heterocycles. The summed E-state index contributed by atoms with van der Waals surface area (Å²) in [7, 11) is 0. The Kier molecular flexibility index (Phi) is 5.10. The lowest BCUT2D eigenvalue weighted by Gasteiger charge is -2.19. The number of nitrogens with zero attached hydrogens (tertiary/aromatic N) is 5. The molecule has 1 atom stereocenters. The quantitative estimate of drug-likeness (QED) is 0.766. The number of anilines is 2. The van der Waals surface area contributed by atoms with Crippen molar-refractivity contribution < 1.29 is 4.79 Å². The number of allylic oxidation sites excluding steroid dienone is 1. The van der Waals surface area contributed by atoms with Crippen LogP contribution in [0.5, 0.6) is 0 Å². The van der Waals surface area contributed by atoms with Crippen LogP contribution >= 0.6 is 11.3 Å². The molecule has 0 aromatic carbocycles. The molecule has 1 aliphatic heterocycles. The van der Waals surface area contributed by atoms with E-state index in [-0.39, 0.29) is 12.1 Å². The van der Waals surface area contributed by atoms with Gasteiger partial charge in [0.05, 0.1) is 0 Å². The minimum absolute atomic E-state index is 0.120. The highest BCUT2D eigenvalue weighted by Crippen LogP contribution is 2.30. The van der Waals surface area contributed by atoms with E-state index in [9.17, 15) is 4.79 Å². The zero-order chi connectivity index (χ0) is 18.6. The number of rotatable bonds is 5. The average Bonchev–Trinajstić information content (AvgIpc) is 3.43. The van der Waals surface area contributed by atoms with Crippen LogP contribution < -0.4 is 15.9 Å². The Morgan fingerprint density at radius 1 is 1.33 bits per heavy atom. The number of aromatic nitrogens is 2. The third-order valence-electron chi connectivity index (χ3n) is 4.76. The smallest absolute Gasteiger partial charge is 0.257 e. The average molecular weight is 383 g/mol. The topological polar surface area (TPSA) is 94.9 Å². The fourth-order valence-electron chi connectivity index (χ4n) is 3.34. The zero-order valence-corrected chi connectivity index (χ0v) is 15.8. The summed E-state index contributed by atoms with van der Waals surface area (Å²) in [5, 5.41) is 14.9. The number of hydrogen-bond acceptors (Lipinski definition) is 8. The van der Waals surface area contributed by atoms with Gasteiger partial charge in [-0.3, -0.25) is 10.1 Å². The monoisotopic (exact) mass is 383 g/mol. The first-order chi connectivity index (χ1) is 13.2. The molecular formula is C18H21N7OS. The summed E-state index contributed by atoms with van der Waals surface area (Å²) in [6.07, 6.45) is 10.0. The van der Waals surface area contributed by atoms with Gasteiger partial charge in [-0.1, -0.05) is 24.1 Å². The van der Waals surface area contributed by atoms with E-state index in [1.165, 1.54) is 24.2 Å². The van der Waals surface area contributed by atoms with Gasteiger partial charge in [-0.05, 0) is 37.8 Å². The summed E-state index contributed by atoms with van der Waals surface area (Å²) in [6.45, 7) is 1.92. The van der Waals surface area contributed by atoms with E-state index in [1.54, 1.807) is 17.4 Å². The predicted octanol–water partition coefficient (Wildman–Crippen LogP) is 3.79. The zero-order valence-electron chi connectivity index (χ0n) is 15.0. The second kappa shape index (κ2) is 7.83. The Hall–Kier alpha value is -2.81. The van der Waals surface area contributed by atoms with Gasteiger partial charge in [0.25, 0.3) is 5.91 Å². The van der Waals surface area contributed by atoms with Crippen molar-refractivity contribution in [3.05, 3.63) is 41.5 Å². The lowest BCUT2D eigenvalue weighted by molar-refractivity contribution is -0.111. The summed E-state index contributed by atoms with van der Waals surface area (Å²) in [5.41, 5.74) is 4.25. The van der Waals surface area contributed by atoms with Crippen molar-refractivity contribution in [2.24, 2.45) is 16.3 Å². The Morgan fingerprint density at radius 3 is 2.81 bits per heavy atom. The van der Waals surface area contributed by atoms with Crippen molar-refractivity contribution in [3.63, 3.8) is 0 Å². The molecule has 4 rings (SSSR count). The molecule has 140 valence electrons. The highest BCUT2D eigenvalue weighted by molar-refractivity contribution is 7.13. The molecule has 2 aromatic heterocycles. The van der Waals surface area contributed by atoms with Gasteiger partial charge in [0.15, 0.2) is 17.1 Å². The molecule has 1 saturated carbocycles. The van der Waals surface area contributed by atoms with Crippen LogP contribution in [0, 0.1) is 5.92 Å². The highest BCUT2D eigenvalue weighted by atomic mass is 32.1. The third-order valence-corrected chi connectivity index (χ3v) is 5.44. The standard InChI is InChI=1S/C18H21N7OS/c1-12-22-23-24-25(12)16-7-6-14(11-20-16)15(10-13-4-2-3-5-13)17(26)21-18-19-8-9-27-18/h6-13H,2-5H2,1H3,(H,22,24)(H,19,21,26)/b15-10+. The normalized spacial score (nSPS) is 20.1. The third kappa shape index (κ3) is 3.97. The van der Waals surface area contributed by atoms with E-state index in [1.807, 2.05) is 24.4 Å². The van der Waals surface area contributed by atoms with Gasteiger partial charge in [0, 0.05) is 28.9 Å². The molecule has 2 N–H and O–H groups in total. The fraction of sp³-hybridized carbons (Fsp3) is 0.389. The van der Waals surface area contributed by atoms with Crippen LogP contribution in [0.2, 0.25) is 0 Å². The Morgan fingerprint density at radius 2 is 2.19 bits per heavy atom. The SMILES string of the molecule is CC1N=NNN1c1ccc(/C(=C\C2CCCC2)C(=O)Nc2nccs2)cn1. The van der Waals surface area contributed by atoms with Crippen LogP contribution in [0.25, 0.3) is 5.57 Å². The predicted molar refractivity (Wildman–Crippen MR) is 105 cm³/mol. The van der Waals surface area contributed by atoms with E-state index in [0.717, 1.165) is 18.4 Å². The first-order valence-corrected chi connectivity index (χ1v) is 9.92. The van der Waals surface area contributed by atoms with Crippen molar-refractivity contribution >= 4 is 33.8 Å². The van der Waals surface area contributed by atoms with E-state index >= 15 is 0 Å². The van der Waals surface area contributed by atoms with Crippen LogP contribution in [0.15, 0.2) is 46.3 Å². The minimum atomic E-state index is -0.149. The number of hydrazine groups is 1. The van der Waals surface area contributed by atoms with Crippen molar-refractivity contribution in [2.75, 3.05) is 10.3 Å². The van der Waals surface area contributed by atoms with Gasteiger partial charge in [0.1, 0.15) is 0 Å². The molecule has 1 amide bonds.